The van der Waals surface area contributed by atoms with Crippen molar-refractivity contribution in [1.29, 1.82) is 0 Å². The van der Waals surface area contributed by atoms with Crippen LogP contribution in [0.4, 0.5) is 4.79 Å². The highest BCUT2D eigenvalue weighted by atomic mass is 16.5. The standard InChI is InChI=1S/C11H18N4O4/c1-19-6-7(12)8(16)15-4-2-11(3-5-15)9(17)13-10(18)14-11/h7H,2-6,12H2,1H3,(H2,13,14,17,18). The number of likely N-dealkylation sites (tertiary alicyclic amines) is 1. The molecule has 0 radical (unpaired) electrons. The Labute approximate surface area is 110 Å². The van der Waals surface area contributed by atoms with Crippen molar-refractivity contribution in [3.05, 3.63) is 0 Å². The number of nitrogens with one attached hydrogen (secondary N) is 2. The lowest BCUT2D eigenvalue weighted by molar-refractivity contribution is -0.137. The van der Waals surface area contributed by atoms with Crippen LogP contribution in [0.3, 0.4) is 0 Å². The molecule has 2 fully saturated rings. The molecule has 2 rings (SSSR count). The third-order valence-corrected chi connectivity index (χ3v) is 3.61. The van der Waals surface area contributed by atoms with E-state index in [1.807, 2.05) is 0 Å². The molecule has 0 aliphatic carbocycles. The van der Waals surface area contributed by atoms with Crippen LogP contribution in [0, 0.1) is 0 Å². The maximum Gasteiger partial charge on any atom is 0.322 e. The first kappa shape index (κ1) is 13.8. The van der Waals surface area contributed by atoms with Crippen molar-refractivity contribution in [2.24, 2.45) is 5.73 Å². The third-order valence-electron chi connectivity index (χ3n) is 3.61. The van der Waals surface area contributed by atoms with Crippen LogP contribution in [0.2, 0.25) is 0 Å². The maximum atomic E-state index is 12.0. The van der Waals surface area contributed by atoms with Crippen molar-refractivity contribution in [3.63, 3.8) is 0 Å². The topological polar surface area (TPSA) is 114 Å². The first-order valence-electron chi connectivity index (χ1n) is 6.15. The highest BCUT2D eigenvalue weighted by Crippen LogP contribution is 2.25. The molecule has 2 aliphatic heterocycles. The monoisotopic (exact) mass is 270 g/mol. The van der Waals surface area contributed by atoms with Gasteiger partial charge in [0.1, 0.15) is 11.6 Å². The van der Waals surface area contributed by atoms with Gasteiger partial charge in [-0.05, 0) is 12.8 Å². The Balaban J connectivity index is 1.94. The summed E-state index contributed by atoms with van der Waals surface area (Å²) in [4.78, 5) is 36.5. The van der Waals surface area contributed by atoms with Gasteiger partial charge in [-0.2, -0.15) is 0 Å². The van der Waals surface area contributed by atoms with E-state index < -0.39 is 17.6 Å². The van der Waals surface area contributed by atoms with Crippen LogP contribution in [0.15, 0.2) is 0 Å². The quantitative estimate of drug-likeness (QED) is 0.521. The minimum absolute atomic E-state index is 0.164. The van der Waals surface area contributed by atoms with Gasteiger partial charge >= 0.3 is 6.03 Å². The predicted molar refractivity (Wildman–Crippen MR) is 65.1 cm³/mol. The number of rotatable bonds is 3. The average molecular weight is 270 g/mol. The Morgan fingerprint density at radius 2 is 2.11 bits per heavy atom. The van der Waals surface area contributed by atoms with E-state index in [2.05, 4.69) is 10.6 Å². The largest absolute Gasteiger partial charge is 0.383 e. The Bertz CT molecular complexity index is 403. The van der Waals surface area contributed by atoms with Gasteiger partial charge in [0, 0.05) is 20.2 Å². The molecule has 4 amide bonds. The molecular weight excluding hydrogens is 252 g/mol. The lowest BCUT2D eigenvalue weighted by Crippen LogP contribution is -2.58. The second-order valence-electron chi connectivity index (χ2n) is 4.88. The summed E-state index contributed by atoms with van der Waals surface area (Å²) in [6.45, 7) is 0.950. The van der Waals surface area contributed by atoms with Gasteiger partial charge in [0.15, 0.2) is 0 Å². The van der Waals surface area contributed by atoms with Gasteiger partial charge in [0.2, 0.25) is 5.91 Å². The number of piperidine rings is 1. The van der Waals surface area contributed by atoms with Crippen LogP contribution in [-0.2, 0) is 14.3 Å². The molecule has 19 heavy (non-hydrogen) atoms. The molecule has 2 heterocycles. The molecule has 2 saturated heterocycles. The lowest BCUT2D eigenvalue weighted by atomic mass is 9.87. The number of nitrogens with zero attached hydrogens (tertiary/aromatic N) is 1. The fourth-order valence-electron chi connectivity index (χ4n) is 2.47. The summed E-state index contributed by atoms with van der Waals surface area (Å²) >= 11 is 0. The second-order valence-corrected chi connectivity index (χ2v) is 4.88. The van der Waals surface area contributed by atoms with Gasteiger partial charge < -0.3 is 20.7 Å². The molecule has 0 saturated carbocycles. The van der Waals surface area contributed by atoms with Crippen molar-refractivity contribution in [2.75, 3.05) is 26.8 Å². The molecule has 0 bridgehead atoms. The molecule has 106 valence electrons. The zero-order chi connectivity index (χ0) is 14.0. The summed E-state index contributed by atoms with van der Waals surface area (Å²) in [5.74, 6) is -0.507. The minimum atomic E-state index is -0.862. The number of carbonyl (C=O) groups is 3. The first-order chi connectivity index (χ1) is 8.98. The maximum absolute atomic E-state index is 12.0. The highest BCUT2D eigenvalue weighted by Gasteiger charge is 2.48. The normalized spacial score (nSPS) is 23.2. The van der Waals surface area contributed by atoms with Gasteiger partial charge in [-0.3, -0.25) is 14.9 Å². The molecule has 8 nitrogen and oxygen atoms in total. The van der Waals surface area contributed by atoms with E-state index in [-0.39, 0.29) is 18.4 Å². The van der Waals surface area contributed by atoms with Gasteiger partial charge in [0.25, 0.3) is 5.91 Å². The summed E-state index contributed by atoms with van der Waals surface area (Å²) in [6, 6.07) is -1.16. The summed E-state index contributed by atoms with van der Waals surface area (Å²) in [5, 5.41) is 4.87. The molecular formula is C11H18N4O4. The van der Waals surface area contributed by atoms with Crippen LogP contribution in [0.5, 0.6) is 0 Å². The zero-order valence-electron chi connectivity index (χ0n) is 10.8. The summed E-state index contributed by atoms with van der Waals surface area (Å²) < 4.78 is 4.85. The zero-order valence-corrected chi connectivity index (χ0v) is 10.8. The second kappa shape index (κ2) is 5.14. The van der Waals surface area contributed by atoms with Crippen LogP contribution < -0.4 is 16.4 Å². The highest BCUT2D eigenvalue weighted by molar-refractivity contribution is 6.07. The van der Waals surface area contributed by atoms with Crippen molar-refractivity contribution >= 4 is 17.8 Å². The first-order valence-corrected chi connectivity index (χ1v) is 6.15. The number of nitrogens with two attached hydrogens (primary N) is 1. The van der Waals surface area contributed by atoms with Crippen LogP contribution >= 0.6 is 0 Å². The average Bonchev–Trinajstić information content (AvgIpc) is 2.64. The number of hydrogen-bond acceptors (Lipinski definition) is 5. The van der Waals surface area contributed by atoms with Crippen molar-refractivity contribution in [1.82, 2.24) is 15.5 Å². The lowest BCUT2D eigenvalue weighted by Gasteiger charge is -2.37. The Kier molecular flexibility index (Phi) is 3.72. The molecule has 0 aromatic rings. The van der Waals surface area contributed by atoms with Gasteiger partial charge in [-0.15, -0.1) is 0 Å². The minimum Gasteiger partial charge on any atom is -0.383 e. The molecule has 0 aromatic heterocycles. The number of urea groups is 1. The van der Waals surface area contributed by atoms with Gasteiger partial charge in [-0.1, -0.05) is 0 Å². The SMILES string of the molecule is COCC(N)C(=O)N1CCC2(CC1)NC(=O)NC2=O. The fourth-order valence-corrected chi connectivity index (χ4v) is 2.47. The number of amides is 4. The van der Waals surface area contributed by atoms with Gasteiger partial charge in [0.05, 0.1) is 6.61 Å². The molecule has 1 unspecified atom stereocenters. The molecule has 1 atom stereocenters. The Hall–Kier alpha value is -1.67. The number of imide groups is 1. The third kappa shape index (κ3) is 2.54. The Morgan fingerprint density at radius 1 is 1.47 bits per heavy atom. The van der Waals surface area contributed by atoms with Crippen LogP contribution in [-0.4, -0.2) is 61.1 Å². The molecule has 0 aromatic carbocycles. The van der Waals surface area contributed by atoms with Crippen molar-refractivity contribution in [2.45, 2.75) is 24.4 Å². The van der Waals surface area contributed by atoms with E-state index in [0.717, 1.165) is 0 Å². The smallest absolute Gasteiger partial charge is 0.322 e. The van der Waals surface area contributed by atoms with Crippen LogP contribution in [0.1, 0.15) is 12.8 Å². The van der Waals surface area contributed by atoms with E-state index in [0.29, 0.717) is 25.9 Å². The summed E-state index contributed by atoms with van der Waals surface area (Å²) in [6.07, 6.45) is 0.798. The molecule has 1 spiro atoms. The van der Waals surface area contributed by atoms with E-state index in [1.165, 1.54) is 7.11 Å². The fraction of sp³-hybridized carbons (Fsp3) is 0.727. The van der Waals surface area contributed by atoms with E-state index in [4.69, 9.17) is 10.5 Å². The summed E-state index contributed by atoms with van der Waals surface area (Å²) in [7, 11) is 1.48. The van der Waals surface area contributed by atoms with Crippen molar-refractivity contribution < 1.29 is 19.1 Å². The summed E-state index contributed by atoms with van der Waals surface area (Å²) in [5.41, 5.74) is 4.83. The number of methoxy groups -OCH3 is 1. The molecule has 2 aliphatic rings. The van der Waals surface area contributed by atoms with Crippen LogP contribution in [0.25, 0.3) is 0 Å². The molecule has 8 heteroatoms. The van der Waals surface area contributed by atoms with E-state index in [9.17, 15) is 14.4 Å². The van der Waals surface area contributed by atoms with Crippen molar-refractivity contribution in [3.8, 4) is 0 Å². The predicted octanol–water partition coefficient (Wildman–Crippen LogP) is -1.84. The molecule has 4 N–H and O–H groups in total. The number of ether oxygens (including phenoxy) is 1. The van der Waals surface area contributed by atoms with Gasteiger partial charge in [-0.25, -0.2) is 4.79 Å². The van der Waals surface area contributed by atoms with E-state index >= 15 is 0 Å². The van der Waals surface area contributed by atoms with E-state index in [1.54, 1.807) is 4.90 Å². The Morgan fingerprint density at radius 3 is 2.58 bits per heavy atom. The number of carbonyl (C=O) groups excluding carboxylic acids is 3. The number of hydrogen-bond donors (Lipinski definition) is 3.